The summed E-state index contributed by atoms with van der Waals surface area (Å²) in [5, 5.41) is 10.3. The number of amides is 1. The zero-order valence-corrected chi connectivity index (χ0v) is 23.2. The lowest BCUT2D eigenvalue weighted by molar-refractivity contribution is -0.125. The molecule has 1 fully saturated rings. The van der Waals surface area contributed by atoms with Crippen LogP contribution < -0.4 is 19.3 Å². The van der Waals surface area contributed by atoms with Gasteiger partial charge in [-0.15, -0.1) is 0 Å². The van der Waals surface area contributed by atoms with Gasteiger partial charge in [0.15, 0.2) is 16.2 Å². The molecule has 0 radical (unpaired) electrons. The second-order valence-electron chi connectivity index (χ2n) is 9.37. The summed E-state index contributed by atoms with van der Waals surface area (Å²) < 4.78 is 47.1. The van der Waals surface area contributed by atoms with Gasteiger partial charge >= 0.3 is 0 Å². The standard InChI is InChI=1S/C29H29N3O7S/c1-5-25(33)32-13-12-17(16-32)19-8-6-7-9-20(19)18-14-23(37-3)26-24(15-18)39-31-27(26)21-10-11-22(36-2)29(28(21)38-4)40(30,34)35/h5-11,14-15,17H,1,12-13,16H2,2-4H3,(H2,30,34,35). The van der Waals surface area contributed by atoms with Gasteiger partial charge < -0.3 is 23.6 Å². The molecule has 1 unspecified atom stereocenters. The Balaban J connectivity index is 1.64. The van der Waals surface area contributed by atoms with Gasteiger partial charge in [-0.25, -0.2) is 13.6 Å². The van der Waals surface area contributed by atoms with Crippen LogP contribution in [0.4, 0.5) is 0 Å². The Kier molecular flexibility index (Phi) is 7.26. The van der Waals surface area contributed by atoms with E-state index < -0.39 is 10.0 Å². The smallest absolute Gasteiger partial charge is 0.245 e. The predicted octanol–water partition coefficient (Wildman–Crippen LogP) is 4.34. The lowest BCUT2D eigenvalue weighted by Gasteiger charge is -2.18. The number of aromatic nitrogens is 1. The van der Waals surface area contributed by atoms with Gasteiger partial charge in [-0.1, -0.05) is 36.0 Å². The Hall–Kier alpha value is -4.35. The summed E-state index contributed by atoms with van der Waals surface area (Å²) in [7, 11) is 0.0186. The maximum Gasteiger partial charge on any atom is 0.245 e. The molecule has 1 atom stereocenters. The number of sulfonamides is 1. The molecule has 0 spiro atoms. The van der Waals surface area contributed by atoms with Crippen LogP contribution in [0.25, 0.3) is 33.4 Å². The molecule has 40 heavy (non-hydrogen) atoms. The Morgan fingerprint density at radius 2 is 1.82 bits per heavy atom. The monoisotopic (exact) mass is 563 g/mol. The number of nitrogens with zero attached hydrogens (tertiary/aromatic N) is 2. The van der Waals surface area contributed by atoms with E-state index in [1.165, 1.54) is 33.5 Å². The molecule has 5 rings (SSSR count). The van der Waals surface area contributed by atoms with Gasteiger partial charge in [-0.05, 0) is 53.5 Å². The van der Waals surface area contributed by atoms with E-state index >= 15 is 0 Å². The molecule has 3 aromatic carbocycles. The maximum atomic E-state index is 12.4. The van der Waals surface area contributed by atoms with Crippen LogP contribution in [0.2, 0.25) is 0 Å². The first kappa shape index (κ1) is 27.2. The first-order valence-corrected chi connectivity index (χ1v) is 14.0. The molecule has 208 valence electrons. The van der Waals surface area contributed by atoms with E-state index in [1.807, 2.05) is 30.3 Å². The van der Waals surface area contributed by atoms with Crippen molar-refractivity contribution in [3.8, 4) is 39.6 Å². The molecule has 2 N–H and O–H groups in total. The lowest BCUT2D eigenvalue weighted by Crippen LogP contribution is -2.26. The van der Waals surface area contributed by atoms with Gasteiger partial charge in [0.2, 0.25) is 15.9 Å². The van der Waals surface area contributed by atoms with Crippen molar-refractivity contribution in [2.45, 2.75) is 17.2 Å². The minimum absolute atomic E-state index is 0.0200. The summed E-state index contributed by atoms with van der Waals surface area (Å²) in [5.74, 6) is 0.586. The SMILES string of the molecule is C=CC(=O)N1CCC(c2ccccc2-c2cc(OC)c3c(-c4ccc(OC)c(S(N)(=O)=O)c4OC)noc3c2)C1. The highest BCUT2D eigenvalue weighted by molar-refractivity contribution is 7.89. The third-order valence-corrected chi connectivity index (χ3v) is 8.14. The quantitative estimate of drug-likeness (QED) is 0.313. The van der Waals surface area contributed by atoms with Crippen LogP contribution >= 0.6 is 0 Å². The third-order valence-electron chi connectivity index (χ3n) is 7.18. The first-order chi connectivity index (χ1) is 19.2. The molecule has 1 aromatic heterocycles. The van der Waals surface area contributed by atoms with Gasteiger partial charge in [-0.3, -0.25) is 4.79 Å². The zero-order chi connectivity index (χ0) is 28.6. The summed E-state index contributed by atoms with van der Waals surface area (Å²) >= 11 is 0. The van der Waals surface area contributed by atoms with Crippen molar-refractivity contribution >= 4 is 26.9 Å². The van der Waals surface area contributed by atoms with Crippen LogP contribution in [0, 0.1) is 0 Å². The number of carbonyl (C=O) groups is 1. The van der Waals surface area contributed by atoms with Gasteiger partial charge in [-0.2, -0.15) is 0 Å². The molecule has 0 saturated carbocycles. The molecule has 2 heterocycles. The molecule has 11 heteroatoms. The van der Waals surface area contributed by atoms with E-state index in [-0.39, 0.29) is 28.2 Å². The minimum atomic E-state index is -4.21. The van der Waals surface area contributed by atoms with Crippen molar-refractivity contribution in [1.29, 1.82) is 0 Å². The number of ether oxygens (including phenoxy) is 3. The number of carbonyl (C=O) groups excluding carboxylic acids is 1. The van der Waals surface area contributed by atoms with E-state index in [2.05, 4.69) is 17.8 Å². The molecule has 4 aromatic rings. The normalized spacial score (nSPS) is 15.3. The number of fused-ring (bicyclic) bond motifs is 1. The number of benzene rings is 3. The molecular formula is C29H29N3O7S. The lowest BCUT2D eigenvalue weighted by atomic mass is 9.89. The van der Waals surface area contributed by atoms with E-state index in [4.69, 9.17) is 23.9 Å². The van der Waals surface area contributed by atoms with E-state index in [9.17, 15) is 13.2 Å². The molecule has 1 aliphatic heterocycles. The van der Waals surface area contributed by atoms with Crippen molar-refractivity contribution < 1.29 is 31.9 Å². The van der Waals surface area contributed by atoms with Crippen LogP contribution in [0.1, 0.15) is 17.9 Å². The minimum Gasteiger partial charge on any atom is -0.496 e. The van der Waals surface area contributed by atoms with Crippen molar-refractivity contribution in [2.75, 3.05) is 34.4 Å². The average Bonchev–Trinajstić information content (AvgIpc) is 3.63. The van der Waals surface area contributed by atoms with E-state index in [0.29, 0.717) is 41.1 Å². The van der Waals surface area contributed by atoms with E-state index in [1.54, 1.807) is 11.0 Å². The van der Waals surface area contributed by atoms with E-state index in [0.717, 1.165) is 23.1 Å². The highest BCUT2D eigenvalue weighted by Crippen LogP contribution is 2.46. The van der Waals surface area contributed by atoms with Crippen molar-refractivity contribution in [1.82, 2.24) is 10.1 Å². The molecule has 1 saturated heterocycles. The molecule has 10 nitrogen and oxygen atoms in total. The summed E-state index contributed by atoms with van der Waals surface area (Å²) in [6, 6.07) is 14.9. The number of hydrogen-bond acceptors (Lipinski definition) is 8. The topological polar surface area (TPSA) is 134 Å². The number of methoxy groups -OCH3 is 3. The molecule has 1 amide bonds. The predicted molar refractivity (Wildman–Crippen MR) is 150 cm³/mol. The summed E-state index contributed by atoms with van der Waals surface area (Å²) in [6.45, 7) is 4.88. The van der Waals surface area contributed by atoms with Gasteiger partial charge in [0.1, 0.15) is 17.2 Å². The number of hydrogen-bond donors (Lipinski definition) is 1. The van der Waals surface area contributed by atoms with Crippen LogP contribution in [0.15, 0.2) is 70.6 Å². The summed E-state index contributed by atoms with van der Waals surface area (Å²) in [5.41, 5.74) is 4.04. The number of likely N-dealkylation sites (tertiary alicyclic amines) is 1. The largest absolute Gasteiger partial charge is 0.496 e. The average molecular weight is 564 g/mol. The maximum absolute atomic E-state index is 12.4. The fraction of sp³-hybridized carbons (Fsp3) is 0.241. The van der Waals surface area contributed by atoms with Gasteiger partial charge in [0, 0.05) is 24.6 Å². The Bertz CT molecular complexity index is 1730. The van der Waals surface area contributed by atoms with Crippen LogP contribution in [-0.4, -0.2) is 58.8 Å². The molecular weight excluding hydrogens is 534 g/mol. The second-order valence-corrected chi connectivity index (χ2v) is 10.9. The fourth-order valence-electron chi connectivity index (χ4n) is 5.36. The van der Waals surface area contributed by atoms with Crippen LogP contribution in [0.3, 0.4) is 0 Å². The van der Waals surface area contributed by atoms with Crippen molar-refractivity contribution in [2.24, 2.45) is 5.14 Å². The number of nitrogens with two attached hydrogens (primary N) is 1. The van der Waals surface area contributed by atoms with Gasteiger partial charge in [0.05, 0.1) is 26.7 Å². The first-order valence-electron chi connectivity index (χ1n) is 12.5. The molecule has 1 aliphatic rings. The van der Waals surface area contributed by atoms with Crippen LogP contribution in [-0.2, 0) is 14.8 Å². The molecule has 0 bridgehead atoms. The Morgan fingerprint density at radius 3 is 2.50 bits per heavy atom. The third kappa shape index (κ3) is 4.67. The Labute approximate surface area is 232 Å². The number of rotatable bonds is 8. The number of primary sulfonamides is 1. The highest BCUT2D eigenvalue weighted by Gasteiger charge is 2.30. The molecule has 0 aliphatic carbocycles. The summed E-state index contributed by atoms with van der Waals surface area (Å²) in [6.07, 6.45) is 2.18. The van der Waals surface area contributed by atoms with Gasteiger partial charge in [0.25, 0.3) is 0 Å². The summed E-state index contributed by atoms with van der Waals surface area (Å²) in [4.78, 5) is 13.7. The fourth-order valence-corrected chi connectivity index (χ4v) is 6.24. The second kappa shape index (κ2) is 10.7. The van der Waals surface area contributed by atoms with Crippen LogP contribution in [0.5, 0.6) is 17.2 Å². The van der Waals surface area contributed by atoms with Crippen molar-refractivity contribution in [3.63, 3.8) is 0 Å². The zero-order valence-electron chi connectivity index (χ0n) is 22.3. The Morgan fingerprint density at radius 1 is 1.07 bits per heavy atom. The highest BCUT2D eigenvalue weighted by atomic mass is 32.2. The van der Waals surface area contributed by atoms with Crippen molar-refractivity contribution in [3.05, 3.63) is 66.7 Å².